The summed E-state index contributed by atoms with van der Waals surface area (Å²) >= 11 is 1.51. The van der Waals surface area contributed by atoms with Crippen LogP contribution in [-0.4, -0.2) is 50.1 Å². The molecule has 26 heavy (non-hydrogen) atoms. The number of carbonyl (C=O) groups is 1. The van der Waals surface area contributed by atoms with E-state index in [-0.39, 0.29) is 5.91 Å². The minimum Gasteiger partial charge on any atom is -0.494 e. The maximum atomic E-state index is 13.2. The average molecular weight is 369 g/mol. The zero-order chi connectivity index (χ0) is 18.7. The van der Waals surface area contributed by atoms with Crippen molar-refractivity contribution in [1.29, 1.82) is 0 Å². The molecule has 0 N–H and O–H groups in total. The topological polar surface area (TPSA) is 45.7 Å². The van der Waals surface area contributed by atoms with Crippen LogP contribution in [0.5, 0.6) is 5.75 Å². The smallest absolute Gasteiger partial charge is 0.260 e. The standard InChI is InChI=1S/C20H23N3O2S/c1-14-7-5-8-15(13-14)19(24)23(12-11-22(2)3)20-21-18-16(25-4)9-6-10-17(18)26-20/h5-10,13H,11-12H2,1-4H3. The summed E-state index contributed by atoms with van der Waals surface area (Å²) in [6.07, 6.45) is 0. The second-order valence-corrected chi connectivity index (χ2v) is 7.44. The number of benzene rings is 2. The summed E-state index contributed by atoms with van der Waals surface area (Å²) in [5, 5.41) is 0.692. The van der Waals surface area contributed by atoms with Gasteiger partial charge in [0, 0.05) is 18.7 Å². The molecule has 3 aromatic rings. The Balaban J connectivity index is 2.02. The van der Waals surface area contributed by atoms with Gasteiger partial charge in [-0.05, 0) is 45.3 Å². The molecule has 3 rings (SSSR count). The highest BCUT2D eigenvalue weighted by Gasteiger charge is 2.22. The van der Waals surface area contributed by atoms with Gasteiger partial charge in [-0.3, -0.25) is 9.69 Å². The van der Waals surface area contributed by atoms with Crippen LogP contribution in [0.15, 0.2) is 42.5 Å². The lowest BCUT2D eigenvalue weighted by Gasteiger charge is -2.22. The van der Waals surface area contributed by atoms with Crippen molar-refractivity contribution in [2.45, 2.75) is 6.92 Å². The molecular weight excluding hydrogens is 346 g/mol. The third-order valence-electron chi connectivity index (χ3n) is 4.10. The van der Waals surface area contributed by atoms with Crippen LogP contribution in [0.4, 0.5) is 5.13 Å². The Kier molecular flexibility index (Phi) is 5.54. The summed E-state index contributed by atoms with van der Waals surface area (Å²) in [5.41, 5.74) is 2.53. The molecule has 1 heterocycles. The summed E-state index contributed by atoms with van der Waals surface area (Å²) in [6.45, 7) is 3.32. The first-order valence-electron chi connectivity index (χ1n) is 8.46. The van der Waals surface area contributed by atoms with Crippen LogP contribution < -0.4 is 9.64 Å². The first kappa shape index (κ1) is 18.4. The van der Waals surface area contributed by atoms with Gasteiger partial charge < -0.3 is 9.64 Å². The highest BCUT2D eigenvalue weighted by atomic mass is 32.1. The Hall–Kier alpha value is -2.44. The Labute approximate surface area is 157 Å². The van der Waals surface area contributed by atoms with Crippen LogP contribution in [0, 0.1) is 6.92 Å². The van der Waals surface area contributed by atoms with Gasteiger partial charge in [0.2, 0.25) is 0 Å². The fourth-order valence-corrected chi connectivity index (χ4v) is 3.72. The van der Waals surface area contributed by atoms with Crippen molar-refractivity contribution in [3.8, 4) is 5.75 Å². The molecule has 1 amide bonds. The minimum atomic E-state index is -0.0337. The molecular formula is C20H23N3O2S. The molecule has 0 radical (unpaired) electrons. The molecule has 0 saturated carbocycles. The Morgan fingerprint density at radius 2 is 1.92 bits per heavy atom. The average Bonchev–Trinajstić information content (AvgIpc) is 3.05. The summed E-state index contributed by atoms with van der Waals surface area (Å²) < 4.78 is 6.42. The molecule has 0 aliphatic heterocycles. The quantitative estimate of drug-likeness (QED) is 0.663. The summed E-state index contributed by atoms with van der Waals surface area (Å²) in [6, 6.07) is 13.5. The number of anilines is 1. The third kappa shape index (κ3) is 3.86. The molecule has 0 saturated heterocycles. The zero-order valence-electron chi connectivity index (χ0n) is 15.5. The van der Waals surface area contributed by atoms with E-state index >= 15 is 0 Å². The van der Waals surface area contributed by atoms with Gasteiger partial charge >= 0.3 is 0 Å². The minimum absolute atomic E-state index is 0.0337. The molecule has 0 spiro atoms. The Morgan fingerprint density at radius 1 is 1.15 bits per heavy atom. The number of aromatic nitrogens is 1. The van der Waals surface area contributed by atoms with E-state index in [2.05, 4.69) is 4.90 Å². The SMILES string of the molecule is COc1cccc2sc(N(CCN(C)C)C(=O)c3cccc(C)c3)nc12. The van der Waals surface area contributed by atoms with E-state index in [9.17, 15) is 4.79 Å². The van der Waals surface area contributed by atoms with Gasteiger partial charge in [0.1, 0.15) is 11.3 Å². The summed E-state index contributed by atoms with van der Waals surface area (Å²) in [7, 11) is 5.63. The van der Waals surface area contributed by atoms with Gasteiger partial charge in [-0.1, -0.05) is 35.1 Å². The number of amides is 1. The van der Waals surface area contributed by atoms with Crippen LogP contribution >= 0.6 is 11.3 Å². The molecule has 0 aliphatic rings. The summed E-state index contributed by atoms with van der Waals surface area (Å²) in [5.74, 6) is 0.689. The number of hydrogen-bond donors (Lipinski definition) is 0. The maximum Gasteiger partial charge on any atom is 0.260 e. The van der Waals surface area contributed by atoms with Gasteiger partial charge in [-0.2, -0.15) is 0 Å². The fraction of sp³-hybridized carbons (Fsp3) is 0.300. The number of hydrogen-bond acceptors (Lipinski definition) is 5. The van der Waals surface area contributed by atoms with Crippen molar-refractivity contribution < 1.29 is 9.53 Å². The lowest BCUT2D eigenvalue weighted by molar-refractivity contribution is 0.0985. The van der Waals surface area contributed by atoms with Gasteiger partial charge in [-0.25, -0.2) is 4.98 Å². The zero-order valence-corrected chi connectivity index (χ0v) is 16.3. The third-order valence-corrected chi connectivity index (χ3v) is 5.15. The van der Waals surface area contributed by atoms with Gasteiger partial charge in [-0.15, -0.1) is 0 Å². The molecule has 1 aromatic heterocycles. The van der Waals surface area contributed by atoms with Gasteiger partial charge in [0.05, 0.1) is 11.8 Å². The monoisotopic (exact) mass is 369 g/mol. The fourth-order valence-electron chi connectivity index (χ4n) is 2.71. The molecule has 0 fully saturated rings. The number of aryl methyl sites for hydroxylation is 1. The van der Waals surface area contributed by atoms with E-state index in [0.717, 1.165) is 28.1 Å². The molecule has 6 heteroatoms. The second-order valence-electron chi connectivity index (χ2n) is 6.43. The highest BCUT2D eigenvalue weighted by Crippen LogP contribution is 2.34. The van der Waals surface area contributed by atoms with Crippen LogP contribution in [-0.2, 0) is 0 Å². The molecule has 0 aliphatic carbocycles. The number of nitrogens with zero attached hydrogens (tertiary/aromatic N) is 3. The number of likely N-dealkylation sites (N-methyl/N-ethyl adjacent to an activating group) is 1. The van der Waals surface area contributed by atoms with Crippen molar-refractivity contribution >= 4 is 32.6 Å². The number of carbonyl (C=O) groups excluding carboxylic acids is 1. The number of ether oxygens (including phenoxy) is 1. The van der Waals surface area contributed by atoms with Crippen LogP contribution in [0.1, 0.15) is 15.9 Å². The van der Waals surface area contributed by atoms with E-state index in [1.807, 2.05) is 63.5 Å². The van der Waals surface area contributed by atoms with Crippen LogP contribution in [0.2, 0.25) is 0 Å². The normalized spacial score (nSPS) is 11.1. The molecule has 136 valence electrons. The van der Waals surface area contributed by atoms with Crippen molar-refractivity contribution in [2.75, 3.05) is 39.2 Å². The molecule has 0 atom stereocenters. The molecule has 0 bridgehead atoms. The van der Waals surface area contributed by atoms with Crippen molar-refractivity contribution in [3.05, 3.63) is 53.6 Å². The number of fused-ring (bicyclic) bond motifs is 1. The second kappa shape index (κ2) is 7.85. The largest absolute Gasteiger partial charge is 0.494 e. The number of thiazole rings is 1. The van der Waals surface area contributed by atoms with Crippen molar-refractivity contribution in [2.24, 2.45) is 0 Å². The molecule has 5 nitrogen and oxygen atoms in total. The van der Waals surface area contributed by atoms with Crippen LogP contribution in [0.25, 0.3) is 10.2 Å². The Bertz CT molecular complexity index is 920. The number of para-hydroxylation sites is 1. The first-order chi connectivity index (χ1) is 12.5. The number of rotatable bonds is 6. The number of methoxy groups -OCH3 is 1. The van der Waals surface area contributed by atoms with Crippen molar-refractivity contribution in [1.82, 2.24) is 9.88 Å². The van der Waals surface area contributed by atoms with E-state index in [4.69, 9.17) is 9.72 Å². The van der Waals surface area contributed by atoms with Crippen molar-refractivity contribution in [3.63, 3.8) is 0 Å². The predicted molar refractivity (Wildman–Crippen MR) is 108 cm³/mol. The van der Waals surface area contributed by atoms with E-state index in [0.29, 0.717) is 17.2 Å². The van der Waals surface area contributed by atoms with Crippen LogP contribution in [0.3, 0.4) is 0 Å². The van der Waals surface area contributed by atoms with E-state index in [1.54, 1.807) is 12.0 Å². The van der Waals surface area contributed by atoms with Gasteiger partial charge in [0.25, 0.3) is 5.91 Å². The summed E-state index contributed by atoms with van der Waals surface area (Å²) in [4.78, 5) is 21.7. The lowest BCUT2D eigenvalue weighted by atomic mass is 10.1. The molecule has 0 unspecified atom stereocenters. The highest BCUT2D eigenvalue weighted by molar-refractivity contribution is 7.22. The first-order valence-corrected chi connectivity index (χ1v) is 9.28. The predicted octanol–water partition coefficient (Wildman–Crippen LogP) is 3.82. The lowest BCUT2D eigenvalue weighted by Crippen LogP contribution is -2.36. The maximum absolute atomic E-state index is 13.2. The molecule has 2 aromatic carbocycles. The van der Waals surface area contributed by atoms with E-state index < -0.39 is 0 Å². The van der Waals surface area contributed by atoms with Gasteiger partial charge in [0.15, 0.2) is 5.13 Å². The van der Waals surface area contributed by atoms with E-state index in [1.165, 1.54) is 11.3 Å². The Morgan fingerprint density at radius 3 is 2.62 bits per heavy atom.